The van der Waals surface area contributed by atoms with Crippen LogP contribution in [0.15, 0.2) is 72.9 Å². The first-order valence-electron chi connectivity index (χ1n) is 11.1. The van der Waals surface area contributed by atoms with Crippen molar-refractivity contribution in [2.75, 3.05) is 45.2 Å². The van der Waals surface area contributed by atoms with Gasteiger partial charge in [-0.15, -0.1) is 0 Å². The number of likely N-dealkylation sites (N-methyl/N-ethyl adjacent to an activating group) is 1. The Morgan fingerprint density at radius 1 is 0.969 bits per heavy atom. The van der Waals surface area contributed by atoms with Crippen LogP contribution >= 0.6 is 0 Å². The summed E-state index contributed by atoms with van der Waals surface area (Å²) in [5.74, 6) is 1.00. The molecule has 0 spiro atoms. The zero-order chi connectivity index (χ0) is 22.3. The highest BCUT2D eigenvalue weighted by Gasteiger charge is 2.15. The Bertz CT molecular complexity index is 1010. The van der Waals surface area contributed by atoms with Crippen molar-refractivity contribution in [3.8, 4) is 11.1 Å². The van der Waals surface area contributed by atoms with E-state index < -0.39 is 0 Å². The predicted octanol–water partition coefficient (Wildman–Crippen LogP) is 3.84. The Balaban J connectivity index is 1.32. The van der Waals surface area contributed by atoms with Gasteiger partial charge in [0.25, 0.3) is 0 Å². The number of pyridine rings is 1. The molecule has 0 aliphatic carbocycles. The number of carbonyl (C=O) groups excluding carboxylic acids is 1. The molecule has 1 N–H and O–H groups in total. The molecular weight excluding hydrogens is 398 g/mol. The molecule has 32 heavy (non-hydrogen) atoms. The van der Waals surface area contributed by atoms with Crippen LogP contribution in [0.3, 0.4) is 0 Å². The lowest BCUT2D eigenvalue weighted by atomic mass is 9.99. The van der Waals surface area contributed by atoms with Gasteiger partial charge in [-0.05, 0) is 35.4 Å². The highest BCUT2D eigenvalue weighted by atomic mass is 16.2. The Labute approximate surface area is 190 Å². The molecule has 0 saturated carbocycles. The van der Waals surface area contributed by atoms with E-state index in [1.165, 1.54) is 0 Å². The number of urea groups is 1. The highest BCUT2D eigenvalue weighted by Crippen LogP contribution is 2.24. The van der Waals surface area contributed by atoms with Gasteiger partial charge < -0.3 is 20.0 Å². The average molecular weight is 430 g/mol. The first kappa shape index (κ1) is 21.8. The maximum Gasteiger partial charge on any atom is 0.317 e. The average Bonchev–Trinajstić information content (AvgIpc) is 2.84. The summed E-state index contributed by atoms with van der Waals surface area (Å²) in [6, 6.07) is 22.5. The van der Waals surface area contributed by atoms with Crippen molar-refractivity contribution < 1.29 is 4.79 Å². The van der Waals surface area contributed by atoms with Crippen molar-refractivity contribution in [3.63, 3.8) is 0 Å². The predicted molar refractivity (Wildman–Crippen MR) is 130 cm³/mol. The molecule has 2 heterocycles. The number of piperazine rings is 1. The molecule has 0 unspecified atom stereocenters. The van der Waals surface area contributed by atoms with Gasteiger partial charge in [0.15, 0.2) is 0 Å². The standard InChI is InChI=1S/C26H31N5O/c1-29-14-16-31(17-15-29)25-13-12-21(18-27-25)19-28-26(32)30(2)20-23-10-6-7-11-24(23)22-8-4-3-5-9-22/h3-13,18H,14-17,19-20H2,1-2H3,(H,28,32). The van der Waals surface area contributed by atoms with Crippen LogP contribution in [0.2, 0.25) is 0 Å². The summed E-state index contributed by atoms with van der Waals surface area (Å²) in [6.07, 6.45) is 1.86. The van der Waals surface area contributed by atoms with E-state index in [0.29, 0.717) is 13.1 Å². The van der Waals surface area contributed by atoms with Gasteiger partial charge in [0.2, 0.25) is 0 Å². The smallest absolute Gasteiger partial charge is 0.317 e. The monoisotopic (exact) mass is 429 g/mol. The van der Waals surface area contributed by atoms with Gasteiger partial charge >= 0.3 is 6.03 Å². The molecule has 1 aliphatic heterocycles. The summed E-state index contributed by atoms with van der Waals surface area (Å²) in [4.78, 5) is 23.7. The summed E-state index contributed by atoms with van der Waals surface area (Å²) in [5.41, 5.74) is 4.42. The summed E-state index contributed by atoms with van der Waals surface area (Å²) in [6.45, 7) is 5.10. The number of carbonyl (C=O) groups is 1. The van der Waals surface area contributed by atoms with E-state index in [2.05, 4.69) is 51.4 Å². The zero-order valence-corrected chi connectivity index (χ0v) is 18.9. The van der Waals surface area contributed by atoms with Gasteiger partial charge in [0.1, 0.15) is 5.82 Å². The van der Waals surface area contributed by atoms with Gasteiger partial charge in [-0.1, -0.05) is 60.7 Å². The Morgan fingerprint density at radius 3 is 2.41 bits per heavy atom. The van der Waals surface area contributed by atoms with E-state index in [1.807, 2.05) is 55.7 Å². The van der Waals surface area contributed by atoms with Crippen LogP contribution in [0.1, 0.15) is 11.1 Å². The minimum Gasteiger partial charge on any atom is -0.354 e. The summed E-state index contributed by atoms with van der Waals surface area (Å²) >= 11 is 0. The number of hydrogen-bond acceptors (Lipinski definition) is 4. The number of nitrogens with one attached hydrogen (secondary N) is 1. The van der Waals surface area contributed by atoms with Crippen molar-refractivity contribution in [1.29, 1.82) is 0 Å². The lowest BCUT2D eigenvalue weighted by Gasteiger charge is -2.33. The number of nitrogens with zero attached hydrogens (tertiary/aromatic N) is 4. The molecule has 3 aromatic rings. The lowest BCUT2D eigenvalue weighted by Crippen LogP contribution is -2.44. The van der Waals surface area contributed by atoms with E-state index in [9.17, 15) is 4.79 Å². The van der Waals surface area contributed by atoms with Crippen LogP contribution in [0, 0.1) is 0 Å². The fraction of sp³-hybridized carbons (Fsp3) is 0.308. The summed E-state index contributed by atoms with van der Waals surface area (Å²) < 4.78 is 0. The number of rotatable bonds is 6. The third-order valence-electron chi connectivity index (χ3n) is 5.94. The van der Waals surface area contributed by atoms with E-state index in [1.54, 1.807) is 4.90 Å². The molecule has 6 nitrogen and oxygen atoms in total. The molecule has 6 heteroatoms. The van der Waals surface area contributed by atoms with E-state index >= 15 is 0 Å². The second-order valence-electron chi connectivity index (χ2n) is 8.35. The van der Waals surface area contributed by atoms with E-state index in [-0.39, 0.29) is 6.03 Å². The Kier molecular flexibility index (Phi) is 7.02. The molecule has 2 amide bonds. The fourth-order valence-corrected chi connectivity index (χ4v) is 3.94. The van der Waals surface area contributed by atoms with Crippen LogP contribution in [-0.4, -0.2) is 61.1 Å². The van der Waals surface area contributed by atoms with Gasteiger partial charge in [-0.3, -0.25) is 0 Å². The highest BCUT2D eigenvalue weighted by molar-refractivity contribution is 5.75. The van der Waals surface area contributed by atoms with Crippen molar-refractivity contribution in [3.05, 3.63) is 84.1 Å². The molecule has 0 atom stereocenters. The van der Waals surface area contributed by atoms with Gasteiger partial charge in [-0.2, -0.15) is 0 Å². The molecule has 1 fully saturated rings. The Hall–Kier alpha value is -3.38. The molecule has 166 valence electrons. The molecule has 0 bridgehead atoms. The van der Waals surface area contributed by atoms with E-state index in [0.717, 1.165) is 54.3 Å². The van der Waals surface area contributed by atoms with E-state index in [4.69, 9.17) is 0 Å². The number of aromatic nitrogens is 1. The normalized spacial score (nSPS) is 14.2. The second kappa shape index (κ2) is 10.3. The van der Waals surface area contributed by atoms with Crippen LogP contribution in [0.5, 0.6) is 0 Å². The molecule has 2 aromatic carbocycles. The van der Waals surface area contributed by atoms with Gasteiger partial charge in [0.05, 0.1) is 0 Å². The maximum absolute atomic E-state index is 12.7. The second-order valence-corrected chi connectivity index (χ2v) is 8.35. The SMILES string of the molecule is CN1CCN(c2ccc(CNC(=O)N(C)Cc3ccccc3-c3ccccc3)cn2)CC1. The number of anilines is 1. The van der Waals surface area contributed by atoms with Crippen LogP contribution in [0.25, 0.3) is 11.1 Å². The third-order valence-corrected chi connectivity index (χ3v) is 5.94. The number of amides is 2. The number of hydrogen-bond donors (Lipinski definition) is 1. The molecule has 0 radical (unpaired) electrons. The van der Waals surface area contributed by atoms with Crippen molar-refractivity contribution in [2.45, 2.75) is 13.1 Å². The molecule has 4 rings (SSSR count). The topological polar surface area (TPSA) is 51.7 Å². The first-order chi connectivity index (χ1) is 15.6. The molecular formula is C26H31N5O. The number of benzene rings is 2. The summed E-state index contributed by atoms with van der Waals surface area (Å²) in [7, 11) is 3.97. The van der Waals surface area contributed by atoms with Gasteiger partial charge in [0, 0.05) is 52.5 Å². The largest absolute Gasteiger partial charge is 0.354 e. The minimum absolute atomic E-state index is 0.101. The van der Waals surface area contributed by atoms with Crippen molar-refractivity contribution >= 4 is 11.8 Å². The van der Waals surface area contributed by atoms with Crippen molar-refractivity contribution in [1.82, 2.24) is 20.1 Å². The fourth-order valence-electron chi connectivity index (χ4n) is 3.94. The zero-order valence-electron chi connectivity index (χ0n) is 18.9. The molecule has 1 saturated heterocycles. The summed E-state index contributed by atoms with van der Waals surface area (Å²) in [5, 5.41) is 3.01. The third kappa shape index (κ3) is 5.45. The quantitative estimate of drug-likeness (QED) is 0.647. The van der Waals surface area contributed by atoms with Crippen LogP contribution in [0.4, 0.5) is 10.6 Å². The van der Waals surface area contributed by atoms with Crippen molar-refractivity contribution in [2.24, 2.45) is 0 Å². The van der Waals surface area contributed by atoms with Crippen LogP contribution in [-0.2, 0) is 13.1 Å². The lowest BCUT2D eigenvalue weighted by molar-refractivity contribution is 0.206. The first-order valence-corrected chi connectivity index (χ1v) is 11.1. The maximum atomic E-state index is 12.7. The minimum atomic E-state index is -0.101. The molecule has 1 aromatic heterocycles. The Morgan fingerprint density at radius 2 is 1.69 bits per heavy atom. The van der Waals surface area contributed by atoms with Crippen LogP contribution < -0.4 is 10.2 Å². The van der Waals surface area contributed by atoms with Gasteiger partial charge in [-0.25, -0.2) is 9.78 Å². The molecule has 1 aliphatic rings.